The van der Waals surface area contributed by atoms with Crippen molar-refractivity contribution in [1.82, 2.24) is 14.8 Å². The maximum Gasteiger partial charge on any atom is 0.138 e. The molecule has 0 radical (unpaired) electrons. The topological polar surface area (TPSA) is 30.7 Å². The van der Waals surface area contributed by atoms with Gasteiger partial charge in [-0.3, -0.25) is 4.68 Å². The van der Waals surface area contributed by atoms with Crippen LogP contribution in [-0.4, -0.2) is 20.1 Å². The number of hydrogen-bond donors (Lipinski definition) is 0. The second-order valence-corrected chi connectivity index (χ2v) is 5.11. The average Bonchev–Trinajstić information content (AvgIpc) is 2.66. The van der Waals surface area contributed by atoms with Gasteiger partial charge < -0.3 is 0 Å². The highest BCUT2D eigenvalue weighted by molar-refractivity contribution is 6.20. The highest BCUT2D eigenvalue weighted by Crippen LogP contribution is 2.16. The molecule has 0 bridgehead atoms. The molecule has 0 saturated heterocycles. The molecule has 0 aliphatic carbocycles. The molecule has 0 saturated carbocycles. The monoisotopic (exact) mass is 243 g/mol. The molecule has 92 valence electrons. The van der Waals surface area contributed by atoms with Gasteiger partial charge in [0.1, 0.15) is 12.2 Å². The Kier molecular flexibility index (Phi) is 5.81. The Morgan fingerprint density at radius 3 is 2.81 bits per heavy atom. The maximum atomic E-state index is 6.21. The van der Waals surface area contributed by atoms with Crippen molar-refractivity contribution in [1.29, 1.82) is 0 Å². The molecule has 0 aliphatic rings. The molecule has 3 nitrogen and oxygen atoms in total. The van der Waals surface area contributed by atoms with Gasteiger partial charge in [-0.15, -0.1) is 11.6 Å². The lowest BCUT2D eigenvalue weighted by Crippen LogP contribution is -2.10. The Hall–Kier alpha value is -0.570. The smallest absolute Gasteiger partial charge is 0.138 e. The normalized spacial score (nSPS) is 13.3. The van der Waals surface area contributed by atoms with Gasteiger partial charge in [-0.05, 0) is 25.2 Å². The Balaban J connectivity index is 2.34. The lowest BCUT2D eigenvalue weighted by molar-refractivity contribution is 0.522. The van der Waals surface area contributed by atoms with E-state index in [0.29, 0.717) is 5.92 Å². The molecular formula is C12H22ClN3. The van der Waals surface area contributed by atoms with Gasteiger partial charge in [-0.25, -0.2) is 4.98 Å². The zero-order chi connectivity index (χ0) is 12.0. The van der Waals surface area contributed by atoms with Crippen LogP contribution in [-0.2, 0) is 13.0 Å². The van der Waals surface area contributed by atoms with Gasteiger partial charge >= 0.3 is 0 Å². The van der Waals surface area contributed by atoms with E-state index in [1.165, 1.54) is 0 Å². The van der Waals surface area contributed by atoms with E-state index >= 15 is 0 Å². The van der Waals surface area contributed by atoms with E-state index in [9.17, 15) is 0 Å². The van der Waals surface area contributed by atoms with E-state index in [2.05, 4.69) is 30.9 Å². The fourth-order valence-electron chi connectivity index (χ4n) is 1.67. The summed E-state index contributed by atoms with van der Waals surface area (Å²) in [5, 5.41) is 4.49. The Bertz CT molecular complexity index is 296. The molecule has 0 spiro atoms. The molecule has 1 heterocycles. The molecule has 16 heavy (non-hydrogen) atoms. The van der Waals surface area contributed by atoms with Crippen LogP contribution in [0.25, 0.3) is 0 Å². The van der Waals surface area contributed by atoms with E-state index in [0.717, 1.165) is 38.1 Å². The van der Waals surface area contributed by atoms with E-state index in [1.807, 2.05) is 4.68 Å². The van der Waals surface area contributed by atoms with Crippen molar-refractivity contribution in [3.8, 4) is 0 Å². The third-order valence-corrected chi connectivity index (χ3v) is 3.46. The van der Waals surface area contributed by atoms with Gasteiger partial charge in [0.25, 0.3) is 0 Å². The summed E-state index contributed by atoms with van der Waals surface area (Å²) in [5.41, 5.74) is 0. The first-order valence-corrected chi connectivity index (χ1v) is 6.59. The first-order chi connectivity index (χ1) is 7.65. The average molecular weight is 244 g/mol. The minimum atomic E-state index is 0.280. The summed E-state index contributed by atoms with van der Waals surface area (Å²) < 4.78 is 2.00. The largest absolute Gasteiger partial charge is 0.250 e. The van der Waals surface area contributed by atoms with Gasteiger partial charge in [0.2, 0.25) is 0 Å². The molecule has 1 atom stereocenters. The standard InChI is InChI=1S/C12H22ClN3/c1-4-8-16-12(14-9-15-16)7-5-6-11(13)10(2)3/h9-11H,4-8H2,1-3H3. The van der Waals surface area contributed by atoms with Gasteiger partial charge in [0.15, 0.2) is 0 Å². The molecule has 1 aromatic rings. The minimum Gasteiger partial charge on any atom is -0.250 e. The van der Waals surface area contributed by atoms with Crippen LogP contribution in [0.2, 0.25) is 0 Å². The summed E-state index contributed by atoms with van der Waals surface area (Å²) in [5.74, 6) is 1.64. The number of aromatic nitrogens is 3. The molecule has 1 aromatic heterocycles. The van der Waals surface area contributed by atoms with E-state index in [4.69, 9.17) is 11.6 Å². The van der Waals surface area contributed by atoms with Crippen LogP contribution in [0, 0.1) is 5.92 Å². The van der Waals surface area contributed by atoms with Crippen molar-refractivity contribution in [3.05, 3.63) is 12.2 Å². The number of halogens is 1. The van der Waals surface area contributed by atoms with Gasteiger partial charge in [-0.1, -0.05) is 20.8 Å². The number of alkyl halides is 1. The Labute approximate surface area is 103 Å². The number of nitrogens with zero attached hydrogens (tertiary/aromatic N) is 3. The molecule has 0 aliphatic heterocycles. The fraction of sp³-hybridized carbons (Fsp3) is 0.833. The van der Waals surface area contributed by atoms with Crippen molar-refractivity contribution in [3.63, 3.8) is 0 Å². The van der Waals surface area contributed by atoms with Crippen LogP contribution in [0.15, 0.2) is 6.33 Å². The van der Waals surface area contributed by atoms with Crippen LogP contribution in [0.3, 0.4) is 0 Å². The molecule has 0 fully saturated rings. The first kappa shape index (κ1) is 13.5. The predicted octanol–water partition coefficient (Wildman–Crippen LogP) is 3.27. The highest BCUT2D eigenvalue weighted by Gasteiger charge is 2.10. The van der Waals surface area contributed by atoms with Crippen molar-refractivity contribution in [2.75, 3.05) is 0 Å². The number of aryl methyl sites for hydroxylation is 2. The quantitative estimate of drug-likeness (QED) is 0.689. The molecule has 1 unspecified atom stereocenters. The molecule has 0 aromatic carbocycles. The fourth-order valence-corrected chi connectivity index (χ4v) is 1.82. The SMILES string of the molecule is CCCn1ncnc1CCCC(Cl)C(C)C. The van der Waals surface area contributed by atoms with Crippen LogP contribution >= 0.6 is 11.6 Å². The minimum absolute atomic E-state index is 0.280. The van der Waals surface area contributed by atoms with Crippen LogP contribution in [0.4, 0.5) is 0 Å². The summed E-state index contributed by atoms with van der Waals surface area (Å²) in [6.07, 6.45) is 5.87. The van der Waals surface area contributed by atoms with E-state index in [1.54, 1.807) is 6.33 Å². The zero-order valence-corrected chi connectivity index (χ0v) is 11.2. The van der Waals surface area contributed by atoms with Crippen LogP contribution in [0.5, 0.6) is 0 Å². The van der Waals surface area contributed by atoms with Crippen molar-refractivity contribution in [2.24, 2.45) is 5.92 Å². The third kappa shape index (κ3) is 4.12. The Morgan fingerprint density at radius 1 is 1.44 bits per heavy atom. The van der Waals surface area contributed by atoms with Crippen LogP contribution < -0.4 is 0 Å². The van der Waals surface area contributed by atoms with Crippen molar-refractivity contribution >= 4 is 11.6 Å². The van der Waals surface area contributed by atoms with Gasteiger partial charge in [0.05, 0.1) is 0 Å². The summed E-state index contributed by atoms with van der Waals surface area (Å²) in [6.45, 7) is 7.44. The predicted molar refractivity (Wildman–Crippen MR) is 67.7 cm³/mol. The lowest BCUT2D eigenvalue weighted by atomic mass is 10.0. The molecular weight excluding hydrogens is 222 g/mol. The molecule has 1 rings (SSSR count). The zero-order valence-electron chi connectivity index (χ0n) is 10.5. The number of rotatable bonds is 7. The Morgan fingerprint density at radius 2 is 2.19 bits per heavy atom. The van der Waals surface area contributed by atoms with Crippen LogP contribution in [0.1, 0.15) is 45.9 Å². The summed E-state index contributed by atoms with van der Waals surface area (Å²) in [4.78, 5) is 4.29. The summed E-state index contributed by atoms with van der Waals surface area (Å²) in [7, 11) is 0. The second kappa shape index (κ2) is 6.89. The van der Waals surface area contributed by atoms with Crippen molar-refractivity contribution in [2.45, 2.75) is 58.4 Å². The molecule has 0 N–H and O–H groups in total. The lowest BCUT2D eigenvalue weighted by Gasteiger charge is -2.12. The number of hydrogen-bond acceptors (Lipinski definition) is 2. The van der Waals surface area contributed by atoms with E-state index in [-0.39, 0.29) is 5.38 Å². The first-order valence-electron chi connectivity index (χ1n) is 6.15. The van der Waals surface area contributed by atoms with Gasteiger partial charge in [-0.2, -0.15) is 5.10 Å². The summed E-state index contributed by atoms with van der Waals surface area (Å²) >= 11 is 6.21. The summed E-state index contributed by atoms with van der Waals surface area (Å²) in [6, 6.07) is 0. The van der Waals surface area contributed by atoms with E-state index < -0.39 is 0 Å². The third-order valence-electron chi connectivity index (χ3n) is 2.73. The molecule has 0 amide bonds. The second-order valence-electron chi connectivity index (χ2n) is 4.55. The van der Waals surface area contributed by atoms with Gasteiger partial charge in [0, 0.05) is 18.3 Å². The maximum absolute atomic E-state index is 6.21. The highest BCUT2D eigenvalue weighted by atomic mass is 35.5. The molecule has 4 heteroatoms. The van der Waals surface area contributed by atoms with Crippen molar-refractivity contribution < 1.29 is 0 Å².